The monoisotopic (exact) mass is 341 g/mol. The van der Waals surface area contributed by atoms with Crippen molar-refractivity contribution in [2.75, 3.05) is 19.6 Å². The van der Waals surface area contributed by atoms with Gasteiger partial charge >= 0.3 is 12.2 Å². The fourth-order valence-electron chi connectivity index (χ4n) is 2.93. The van der Waals surface area contributed by atoms with Crippen LogP contribution in [0.15, 0.2) is 24.3 Å². The van der Waals surface area contributed by atoms with Gasteiger partial charge in [0, 0.05) is 18.7 Å². The Morgan fingerprint density at radius 1 is 1.17 bits per heavy atom. The minimum atomic E-state index is -4.45. The van der Waals surface area contributed by atoms with Gasteiger partial charge in [-0.15, -0.1) is 0 Å². The highest BCUT2D eigenvalue weighted by Crippen LogP contribution is 2.29. The quantitative estimate of drug-likeness (QED) is 0.829. The Balaban J connectivity index is 1.68. The lowest BCUT2D eigenvalue weighted by molar-refractivity contribution is -0.137. The van der Waals surface area contributed by atoms with E-state index in [1.54, 1.807) is 0 Å². The van der Waals surface area contributed by atoms with Crippen LogP contribution >= 0.6 is 0 Å². The van der Waals surface area contributed by atoms with Gasteiger partial charge < -0.3 is 10.2 Å². The Kier molecular flexibility index (Phi) is 3.94. The van der Waals surface area contributed by atoms with Gasteiger partial charge in [-0.25, -0.2) is 4.79 Å². The molecule has 1 aromatic carbocycles. The number of alkyl halides is 3. The van der Waals surface area contributed by atoms with Crippen LogP contribution in [0.2, 0.25) is 0 Å². The van der Waals surface area contributed by atoms with E-state index in [0.717, 1.165) is 29.2 Å². The van der Waals surface area contributed by atoms with Crippen molar-refractivity contribution in [2.24, 2.45) is 0 Å². The molecule has 128 valence electrons. The molecule has 4 amide bonds. The largest absolute Gasteiger partial charge is 0.416 e. The zero-order valence-electron chi connectivity index (χ0n) is 12.5. The number of amides is 4. The Hall–Kier alpha value is -2.58. The van der Waals surface area contributed by atoms with Crippen LogP contribution in [0.4, 0.5) is 18.0 Å². The molecule has 0 aliphatic carbocycles. The summed E-state index contributed by atoms with van der Waals surface area (Å²) in [6, 6.07) is 3.10. The van der Waals surface area contributed by atoms with Gasteiger partial charge in [-0.05, 0) is 30.7 Å². The SMILES string of the molecule is O=C(c1ccc(C(F)(F)F)cc1)N1CCC(N2C(=O)CNC2=O)C1. The number of benzene rings is 1. The topological polar surface area (TPSA) is 69.7 Å². The molecule has 2 fully saturated rings. The summed E-state index contributed by atoms with van der Waals surface area (Å²) in [5.74, 6) is -0.757. The third-order valence-electron chi connectivity index (χ3n) is 4.15. The van der Waals surface area contributed by atoms with Gasteiger partial charge in [0.15, 0.2) is 0 Å². The van der Waals surface area contributed by atoms with Crippen molar-refractivity contribution in [1.82, 2.24) is 15.1 Å². The van der Waals surface area contributed by atoms with E-state index in [4.69, 9.17) is 0 Å². The molecule has 2 aliphatic heterocycles. The lowest BCUT2D eigenvalue weighted by Gasteiger charge is -2.21. The lowest BCUT2D eigenvalue weighted by atomic mass is 10.1. The molecular formula is C15H14F3N3O3. The highest BCUT2D eigenvalue weighted by molar-refractivity contribution is 6.02. The van der Waals surface area contributed by atoms with Crippen LogP contribution in [0.5, 0.6) is 0 Å². The predicted molar refractivity (Wildman–Crippen MR) is 76.0 cm³/mol. The van der Waals surface area contributed by atoms with Gasteiger partial charge in [0.25, 0.3) is 5.91 Å². The van der Waals surface area contributed by atoms with Crippen LogP contribution in [-0.4, -0.2) is 53.3 Å². The van der Waals surface area contributed by atoms with Crippen molar-refractivity contribution in [2.45, 2.75) is 18.6 Å². The van der Waals surface area contributed by atoms with E-state index < -0.39 is 29.7 Å². The number of hydrogen-bond donors (Lipinski definition) is 1. The zero-order valence-corrected chi connectivity index (χ0v) is 12.5. The highest BCUT2D eigenvalue weighted by atomic mass is 19.4. The Bertz CT molecular complexity index is 671. The molecule has 0 radical (unpaired) electrons. The molecule has 2 saturated heterocycles. The number of hydrogen-bond acceptors (Lipinski definition) is 3. The summed E-state index contributed by atoms with van der Waals surface area (Å²) in [5, 5.41) is 2.42. The molecule has 0 saturated carbocycles. The van der Waals surface area contributed by atoms with Gasteiger partial charge in [-0.2, -0.15) is 13.2 Å². The van der Waals surface area contributed by atoms with Gasteiger partial charge in [0.1, 0.15) is 0 Å². The molecule has 0 aromatic heterocycles. The van der Waals surface area contributed by atoms with E-state index in [9.17, 15) is 27.6 Å². The van der Waals surface area contributed by atoms with E-state index in [1.165, 1.54) is 4.90 Å². The Labute approximate surface area is 135 Å². The fraction of sp³-hybridized carbons (Fsp3) is 0.400. The second-order valence-electron chi connectivity index (χ2n) is 5.69. The molecule has 1 unspecified atom stereocenters. The van der Waals surface area contributed by atoms with E-state index >= 15 is 0 Å². The maximum Gasteiger partial charge on any atom is 0.416 e. The van der Waals surface area contributed by atoms with E-state index in [0.29, 0.717) is 13.0 Å². The van der Waals surface area contributed by atoms with Crippen LogP contribution in [0, 0.1) is 0 Å². The first kappa shape index (κ1) is 16.3. The van der Waals surface area contributed by atoms with Crippen molar-refractivity contribution in [1.29, 1.82) is 0 Å². The van der Waals surface area contributed by atoms with Crippen molar-refractivity contribution in [3.8, 4) is 0 Å². The molecule has 2 aliphatic rings. The van der Waals surface area contributed by atoms with Gasteiger partial charge in [-0.3, -0.25) is 14.5 Å². The molecule has 1 atom stereocenters. The maximum atomic E-state index is 12.5. The molecule has 24 heavy (non-hydrogen) atoms. The normalized spacial score (nSPS) is 21.4. The van der Waals surface area contributed by atoms with E-state index in [-0.39, 0.29) is 24.6 Å². The van der Waals surface area contributed by atoms with Crippen LogP contribution in [0.3, 0.4) is 0 Å². The third-order valence-corrected chi connectivity index (χ3v) is 4.15. The van der Waals surface area contributed by atoms with Crippen LogP contribution < -0.4 is 5.32 Å². The summed E-state index contributed by atoms with van der Waals surface area (Å²) in [5.41, 5.74) is -0.682. The molecule has 9 heteroatoms. The standard InChI is InChI=1S/C15H14F3N3O3/c16-15(17,18)10-3-1-9(2-4-10)13(23)20-6-5-11(8-20)21-12(22)7-19-14(21)24/h1-4,11H,5-8H2,(H,19,24). The number of carbonyl (C=O) groups excluding carboxylic acids is 3. The molecule has 2 heterocycles. The van der Waals surface area contributed by atoms with Gasteiger partial charge in [-0.1, -0.05) is 0 Å². The minimum Gasteiger partial charge on any atom is -0.336 e. The van der Waals surface area contributed by atoms with E-state index in [2.05, 4.69) is 5.32 Å². The summed E-state index contributed by atoms with van der Waals surface area (Å²) in [4.78, 5) is 38.2. The fourth-order valence-corrected chi connectivity index (χ4v) is 2.93. The summed E-state index contributed by atoms with van der Waals surface area (Å²) < 4.78 is 37.6. The molecular weight excluding hydrogens is 327 g/mol. The number of nitrogens with zero attached hydrogens (tertiary/aromatic N) is 2. The number of halogens is 3. The zero-order chi connectivity index (χ0) is 17.5. The van der Waals surface area contributed by atoms with Gasteiger partial charge in [0.05, 0.1) is 18.2 Å². The molecule has 0 bridgehead atoms. The summed E-state index contributed by atoms with van der Waals surface area (Å²) >= 11 is 0. The first-order valence-corrected chi connectivity index (χ1v) is 7.34. The average Bonchev–Trinajstić information content (AvgIpc) is 3.13. The molecule has 0 spiro atoms. The summed E-state index contributed by atoms with van der Waals surface area (Å²) in [7, 11) is 0. The Morgan fingerprint density at radius 3 is 2.38 bits per heavy atom. The average molecular weight is 341 g/mol. The first-order chi connectivity index (χ1) is 11.3. The number of likely N-dealkylation sites (tertiary alicyclic amines) is 1. The second kappa shape index (κ2) is 5.81. The second-order valence-corrected chi connectivity index (χ2v) is 5.69. The number of urea groups is 1. The number of carbonyl (C=O) groups is 3. The Morgan fingerprint density at radius 2 is 1.83 bits per heavy atom. The first-order valence-electron chi connectivity index (χ1n) is 7.34. The molecule has 1 N–H and O–H groups in total. The van der Waals surface area contributed by atoms with Crippen LogP contribution in [0.1, 0.15) is 22.3 Å². The molecule has 3 rings (SSSR count). The van der Waals surface area contributed by atoms with Crippen molar-refractivity contribution in [3.63, 3.8) is 0 Å². The number of imide groups is 1. The van der Waals surface area contributed by atoms with E-state index in [1.807, 2.05) is 0 Å². The van der Waals surface area contributed by atoms with Gasteiger partial charge in [0.2, 0.25) is 5.91 Å². The predicted octanol–water partition coefficient (Wildman–Crippen LogP) is 1.47. The molecule has 1 aromatic rings. The van der Waals surface area contributed by atoms with Crippen molar-refractivity contribution >= 4 is 17.8 Å². The lowest BCUT2D eigenvalue weighted by Crippen LogP contribution is -2.42. The summed E-state index contributed by atoms with van der Waals surface area (Å²) in [6.45, 7) is 0.461. The minimum absolute atomic E-state index is 0.0534. The van der Waals surface area contributed by atoms with Crippen molar-refractivity contribution < 1.29 is 27.6 Å². The third kappa shape index (κ3) is 2.93. The van der Waals surface area contributed by atoms with Crippen LogP contribution in [-0.2, 0) is 11.0 Å². The van der Waals surface area contributed by atoms with Crippen LogP contribution in [0.25, 0.3) is 0 Å². The van der Waals surface area contributed by atoms with Crippen molar-refractivity contribution in [3.05, 3.63) is 35.4 Å². The summed E-state index contributed by atoms with van der Waals surface area (Å²) in [6.07, 6.45) is -4.00. The smallest absolute Gasteiger partial charge is 0.336 e. The maximum absolute atomic E-state index is 12.5. The molecule has 6 nitrogen and oxygen atoms in total. The number of rotatable bonds is 2. The number of nitrogens with one attached hydrogen (secondary N) is 1. The highest BCUT2D eigenvalue weighted by Gasteiger charge is 2.39.